The smallest absolute Gasteiger partial charge is 0.224 e. The van der Waals surface area contributed by atoms with Crippen LogP contribution in [0.5, 0.6) is 11.5 Å². The van der Waals surface area contributed by atoms with E-state index < -0.39 is 0 Å². The summed E-state index contributed by atoms with van der Waals surface area (Å²) in [6.45, 7) is 3.93. The Kier molecular flexibility index (Phi) is 19.4. The summed E-state index contributed by atoms with van der Waals surface area (Å²) < 4.78 is 10.9. The second-order valence-corrected chi connectivity index (χ2v) is 9.45. The van der Waals surface area contributed by atoms with Crippen LogP contribution in [0.1, 0.15) is 115 Å². The number of hydrogen-bond acceptors (Lipinski definition) is 4. The van der Waals surface area contributed by atoms with E-state index in [0.717, 1.165) is 18.5 Å². The zero-order valence-electron chi connectivity index (χ0n) is 22.2. The number of amides is 1. The van der Waals surface area contributed by atoms with E-state index >= 15 is 0 Å². The molecule has 1 aromatic carbocycles. The number of unbranched alkanes of at least 4 members (excludes halogenated alkanes) is 15. The maximum atomic E-state index is 12.2. The van der Waals surface area contributed by atoms with Crippen LogP contribution in [0.4, 0.5) is 0 Å². The monoisotopic (exact) mass is 476 g/mol. The van der Waals surface area contributed by atoms with E-state index in [1.165, 1.54) is 96.3 Å². The molecule has 0 aliphatic carbocycles. The van der Waals surface area contributed by atoms with E-state index in [9.17, 15) is 4.79 Å². The first-order valence-electron chi connectivity index (χ1n) is 14.0. The van der Waals surface area contributed by atoms with Crippen molar-refractivity contribution in [3.8, 4) is 11.5 Å². The lowest BCUT2D eigenvalue weighted by molar-refractivity contribution is -0.120. The Bertz CT molecular complexity index is 621. The Morgan fingerprint density at radius 1 is 0.794 bits per heavy atom. The molecule has 196 valence electrons. The van der Waals surface area contributed by atoms with Crippen molar-refractivity contribution in [3.05, 3.63) is 23.8 Å². The fourth-order valence-corrected chi connectivity index (χ4v) is 4.26. The Labute approximate surface area is 209 Å². The molecule has 0 radical (unpaired) electrons. The van der Waals surface area contributed by atoms with Gasteiger partial charge in [0.25, 0.3) is 0 Å². The second-order valence-electron chi connectivity index (χ2n) is 9.45. The molecule has 5 heteroatoms. The van der Waals surface area contributed by atoms with E-state index in [1.54, 1.807) is 7.11 Å². The van der Waals surface area contributed by atoms with Crippen molar-refractivity contribution < 1.29 is 14.3 Å². The first-order valence-corrected chi connectivity index (χ1v) is 14.0. The third kappa shape index (κ3) is 16.0. The van der Waals surface area contributed by atoms with Crippen molar-refractivity contribution in [1.82, 2.24) is 5.32 Å². The first-order chi connectivity index (χ1) is 16.7. The quantitative estimate of drug-likeness (QED) is 0.168. The molecule has 0 saturated heterocycles. The van der Waals surface area contributed by atoms with Crippen LogP contribution in [0, 0.1) is 0 Å². The molecule has 0 atom stereocenters. The van der Waals surface area contributed by atoms with Crippen molar-refractivity contribution in [2.24, 2.45) is 5.73 Å². The first kappa shape index (κ1) is 30.3. The van der Waals surface area contributed by atoms with Gasteiger partial charge in [-0.1, -0.05) is 109 Å². The van der Waals surface area contributed by atoms with Crippen LogP contribution in [0.15, 0.2) is 18.2 Å². The zero-order valence-corrected chi connectivity index (χ0v) is 22.2. The van der Waals surface area contributed by atoms with Crippen LogP contribution in [-0.2, 0) is 11.2 Å². The standard InChI is InChI=1S/C29H52N2O3/c1-3-4-5-6-7-8-9-10-11-12-13-14-15-16-17-18-22-31-29(32)25-26-19-20-27(34-23-21-30)28(24-26)33-2/h19-20,24H,3-18,21-23,25,30H2,1-2H3,(H,31,32). The van der Waals surface area contributed by atoms with Crippen molar-refractivity contribution in [2.45, 2.75) is 116 Å². The van der Waals surface area contributed by atoms with Crippen LogP contribution in [0.25, 0.3) is 0 Å². The Morgan fingerprint density at radius 3 is 1.82 bits per heavy atom. The number of nitrogens with two attached hydrogens (primary N) is 1. The highest BCUT2D eigenvalue weighted by Crippen LogP contribution is 2.28. The predicted molar refractivity (Wildman–Crippen MR) is 144 cm³/mol. The molecule has 5 nitrogen and oxygen atoms in total. The van der Waals surface area contributed by atoms with Crippen molar-refractivity contribution >= 4 is 5.91 Å². The Hall–Kier alpha value is -1.75. The topological polar surface area (TPSA) is 73.6 Å². The van der Waals surface area contributed by atoms with Gasteiger partial charge < -0.3 is 20.5 Å². The van der Waals surface area contributed by atoms with Gasteiger partial charge in [-0.05, 0) is 24.1 Å². The number of nitrogens with one attached hydrogen (secondary N) is 1. The zero-order chi connectivity index (χ0) is 24.7. The fourth-order valence-electron chi connectivity index (χ4n) is 4.26. The van der Waals surface area contributed by atoms with Crippen molar-refractivity contribution in [3.63, 3.8) is 0 Å². The highest BCUT2D eigenvalue weighted by Gasteiger charge is 2.09. The van der Waals surface area contributed by atoms with Gasteiger partial charge in [0.1, 0.15) is 6.61 Å². The molecule has 0 unspecified atom stereocenters. The van der Waals surface area contributed by atoms with E-state index in [2.05, 4.69) is 12.2 Å². The normalized spacial score (nSPS) is 10.9. The fraction of sp³-hybridized carbons (Fsp3) is 0.759. The molecule has 0 fully saturated rings. The van der Waals surface area contributed by atoms with Gasteiger partial charge in [0.15, 0.2) is 11.5 Å². The summed E-state index contributed by atoms with van der Waals surface area (Å²) in [4.78, 5) is 12.2. The molecule has 0 bridgehead atoms. The molecule has 0 aromatic heterocycles. The minimum absolute atomic E-state index is 0.0543. The van der Waals surface area contributed by atoms with Crippen LogP contribution >= 0.6 is 0 Å². The van der Waals surface area contributed by atoms with Crippen LogP contribution in [0.2, 0.25) is 0 Å². The van der Waals surface area contributed by atoms with Crippen LogP contribution in [-0.4, -0.2) is 32.7 Å². The minimum atomic E-state index is 0.0543. The van der Waals surface area contributed by atoms with E-state index in [4.69, 9.17) is 15.2 Å². The maximum absolute atomic E-state index is 12.2. The number of ether oxygens (including phenoxy) is 2. The molecular formula is C29H52N2O3. The molecule has 0 heterocycles. The molecule has 34 heavy (non-hydrogen) atoms. The van der Waals surface area contributed by atoms with Gasteiger partial charge in [-0.15, -0.1) is 0 Å². The Balaban J connectivity index is 1.94. The molecule has 0 spiro atoms. The summed E-state index contributed by atoms with van der Waals surface area (Å²) in [6.07, 6.45) is 22.1. The SMILES string of the molecule is CCCCCCCCCCCCCCCCCCNC(=O)Cc1ccc(OCCN)c(OC)c1. The van der Waals surface area contributed by atoms with E-state index in [0.29, 0.717) is 31.1 Å². The molecule has 0 saturated carbocycles. The van der Waals surface area contributed by atoms with Gasteiger partial charge in [-0.25, -0.2) is 0 Å². The number of methoxy groups -OCH3 is 1. The largest absolute Gasteiger partial charge is 0.493 e. The number of benzene rings is 1. The summed E-state index contributed by atoms with van der Waals surface area (Å²) in [5, 5.41) is 3.04. The highest BCUT2D eigenvalue weighted by atomic mass is 16.5. The van der Waals surface area contributed by atoms with Gasteiger partial charge in [-0.3, -0.25) is 4.79 Å². The average Bonchev–Trinajstić information content (AvgIpc) is 2.85. The van der Waals surface area contributed by atoms with Crippen molar-refractivity contribution in [1.29, 1.82) is 0 Å². The summed E-state index contributed by atoms with van der Waals surface area (Å²) >= 11 is 0. The number of carbonyl (C=O) groups excluding carboxylic acids is 1. The second kappa shape index (κ2) is 21.8. The highest BCUT2D eigenvalue weighted by molar-refractivity contribution is 5.78. The molecule has 1 aromatic rings. The number of rotatable bonds is 23. The van der Waals surface area contributed by atoms with Crippen LogP contribution in [0.3, 0.4) is 0 Å². The van der Waals surface area contributed by atoms with Gasteiger partial charge in [0, 0.05) is 13.1 Å². The summed E-state index contributed by atoms with van der Waals surface area (Å²) in [5.41, 5.74) is 6.40. The summed E-state index contributed by atoms with van der Waals surface area (Å²) in [6, 6.07) is 5.61. The molecule has 3 N–H and O–H groups in total. The molecular weight excluding hydrogens is 424 g/mol. The molecule has 1 amide bonds. The lowest BCUT2D eigenvalue weighted by atomic mass is 10.0. The minimum Gasteiger partial charge on any atom is -0.493 e. The molecule has 1 rings (SSSR count). The number of hydrogen-bond donors (Lipinski definition) is 2. The maximum Gasteiger partial charge on any atom is 0.224 e. The van der Waals surface area contributed by atoms with Gasteiger partial charge in [-0.2, -0.15) is 0 Å². The third-order valence-electron chi connectivity index (χ3n) is 6.32. The molecule has 0 aliphatic rings. The lowest BCUT2D eigenvalue weighted by Gasteiger charge is -2.12. The summed E-state index contributed by atoms with van der Waals surface area (Å²) in [5.74, 6) is 1.35. The lowest BCUT2D eigenvalue weighted by Crippen LogP contribution is -2.26. The van der Waals surface area contributed by atoms with Gasteiger partial charge in [0.05, 0.1) is 13.5 Å². The third-order valence-corrected chi connectivity index (χ3v) is 6.32. The van der Waals surface area contributed by atoms with Crippen molar-refractivity contribution in [2.75, 3.05) is 26.8 Å². The number of carbonyl (C=O) groups is 1. The summed E-state index contributed by atoms with van der Waals surface area (Å²) in [7, 11) is 1.60. The van der Waals surface area contributed by atoms with Gasteiger partial charge >= 0.3 is 0 Å². The Morgan fingerprint density at radius 2 is 1.32 bits per heavy atom. The average molecular weight is 477 g/mol. The van der Waals surface area contributed by atoms with E-state index in [1.807, 2.05) is 18.2 Å². The van der Waals surface area contributed by atoms with Gasteiger partial charge in [0.2, 0.25) is 5.91 Å². The molecule has 0 aliphatic heterocycles. The van der Waals surface area contributed by atoms with E-state index in [-0.39, 0.29) is 5.91 Å². The van der Waals surface area contributed by atoms with Crippen LogP contribution < -0.4 is 20.5 Å². The predicted octanol–water partition coefficient (Wildman–Crippen LogP) is 6.95.